The number of tetrazole rings is 1. The van der Waals surface area contributed by atoms with E-state index in [1.807, 2.05) is 43.3 Å². The molecule has 1 unspecified atom stereocenters. The van der Waals surface area contributed by atoms with Crippen LogP contribution in [0.4, 0.5) is 8.78 Å². The Morgan fingerprint density at radius 1 is 1.09 bits per heavy atom. The number of rotatable bonds is 11. The highest BCUT2D eigenvalue weighted by atomic mass is 19.3. The first-order chi connectivity index (χ1) is 16.5. The van der Waals surface area contributed by atoms with Crippen molar-refractivity contribution in [2.75, 3.05) is 0 Å². The molecule has 0 saturated heterocycles. The third-order valence-corrected chi connectivity index (χ3v) is 5.94. The van der Waals surface area contributed by atoms with Crippen LogP contribution in [0.15, 0.2) is 48.9 Å². The maximum Gasteiger partial charge on any atom is 0.250 e. The summed E-state index contributed by atoms with van der Waals surface area (Å²) in [5.41, 5.74) is 3.53. The largest absolute Gasteiger partial charge is 0.255 e. The summed E-state index contributed by atoms with van der Waals surface area (Å²) in [4.78, 5) is 8.82. The summed E-state index contributed by atoms with van der Waals surface area (Å²) in [5, 5.41) is 18.7. The highest BCUT2D eigenvalue weighted by Gasteiger charge is 2.36. The first-order valence-corrected chi connectivity index (χ1v) is 11.5. The molecule has 4 rings (SSSR count). The first-order valence-electron chi connectivity index (χ1n) is 11.5. The van der Waals surface area contributed by atoms with Crippen LogP contribution in [0.1, 0.15) is 50.9 Å². The van der Waals surface area contributed by atoms with Crippen LogP contribution in [0, 0.1) is 5.92 Å². The molecule has 4 aromatic rings. The third kappa shape index (κ3) is 5.49. The Balaban J connectivity index is 1.40. The Labute approximate surface area is 196 Å². The number of aromatic nitrogens is 8. The minimum atomic E-state index is -2.63. The second-order valence-electron chi connectivity index (χ2n) is 8.35. The number of alkyl halides is 2. The zero-order chi connectivity index (χ0) is 24.0. The predicted octanol–water partition coefficient (Wildman–Crippen LogP) is 4.96. The van der Waals surface area contributed by atoms with Crippen molar-refractivity contribution in [3.8, 4) is 22.6 Å². The average Bonchev–Trinajstić information content (AvgIpc) is 3.52. The van der Waals surface area contributed by atoms with Crippen molar-refractivity contribution in [1.29, 1.82) is 0 Å². The molecule has 0 fully saturated rings. The molecule has 1 aromatic carbocycles. The zero-order valence-corrected chi connectivity index (χ0v) is 19.3. The van der Waals surface area contributed by atoms with E-state index < -0.39 is 11.8 Å². The topological polar surface area (TPSA) is 98.1 Å². The molecule has 1 atom stereocenters. The van der Waals surface area contributed by atoms with E-state index in [4.69, 9.17) is 0 Å². The van der Waals surface area contributed by atoms with Crippen LogP contribution >= 0.6 is 0 Å². The predicted molar refractivity (Wildman–Crippen MR) is 124 cm³/mol. The fourth-order valence-electron chi connectivity index (χ4n) is 4.13. The van der Waals surface area contributed by atoms with Gasteiger partial charge in [0.25, 0.3) is 5.92 Å². The van der Waals surface area contributed by atoms with Crippen LogP contribution < -0.4 is 0 Å². The van der Waals surface area contributed by atoms with Crippen molar-refractivity contribution in [2.45, 2.75) is 58.4 Å². The third-order valence-electron chi connectivity index (χ3n) is 5.94. The van der Waals surface area contributed by atoms with Gasteiger partial charge in [-0.25, -0.2) is 18.4 Å². The molecule has 0 saturated carbocycles. The van der Waals surface area contributed by atoms with Crippen molar-refractivity contribution in [1.82, 2.24) is 40.4 Å². The molecule has 1 N–H and O–H groups in total. The Hall–Kier alpha value is -3.56. The van der Waals surface area contributed by atoms with Crippen LogP contribution in [-0.2, 0) is 13.0 Å². The summed E-state index contributed by atoms with van der Waals surface area (Å²) in [7, 11) is 0. The zero-order valence-electron chi connectivity index (χ0n) is 19.3. The van der Waals surface area contributed by atoms with Crippen molar-refractivity contribution in [3.05, 3.63) is 60.3 Å². The Kier molecular flexibility index (Phi) is 7.34. The standard InChI is InChI=1S/C24H28F2N8/c1-3-13-24(25,26)19(4-2)11-12-21-28-16-34(31-21)15-17-7-9-18(10-8-17)22-20(6-5-14-27-22)23-29-32-33-30-23/h5-10,14,16,19H,3-4,11-13,15H2,1-2H3,(H,29,30,32,33). The number of hydrogen-bond acceptors (Lipinski definition) is 6. The van der Waals surface area contributed by atoms with E-state index in [0.717, 1.165) is 22.4 Å². The summed E-state index contributed by atoms with van der Waals surface area (Å²) < 4.78 is 30.3. The average molecular weight is 467 g/mol. The van der Waals surface area contributed by atoms with Gasteiger partial charge in [-0.3, -0.25) is 4.98 Å². The van der Waals surface area contributed by atoms with Crippen LogP contribution in [-0.4, -0.2) is 46.3 Å². The second kappa shape index (κ2) is 10.6. The molecule has 0 aliphatic carbocycles. The number of nitrogens with one attached hydrogen (secondary N) is 1. The lowest BCUT2D eigenvalue weighted by Crippen LogP contribution is -2.28. The molecule has 34 heavy (non-hydrogen) atoms. The van der Waals surface area contributed by atoms with Gasteiger partial charge >= 0.3 is 0 Å². The number of aromatic amines is 1. The molecular formula is C24H28F2N8. The van der Waals surface area contributed by atoms with Crippen molar-refractivity contribution in [2.24, 2.45) is 5.92 Å². The summed E-state index contributed by atoms with van der Waals surface area (Å²) >= 11 is 0. The van der Waals surface area contributed by atoms with Crippen molar-refractivity contribution >= 4 is 0 Å². The fourth-order valence-corrected chi connectivity index (χ4v) is 4.13. The monoisotopic (exact) mass is 466 g/mol. The second-order valence-corrected chi connectivity index (χ2v) is 8.35. The molecule has 3 aromatic heterocycles. The van der Waals surface area contributed by atoms with E-state index >= 15 is 0 Å². The van der Waals surface area contributed by atoms with Gasteiger partial charge in [-0.15, -0.1) is 10.2 Å². The maximum atomic E-state index is 14.3. The lowest BCUT2D eigenvalue weighted by Gasteiger charge is -2.25. The Morgan fingerprint density at radius 3 is 2.62 bits per heavy atom. The van der Waals surface area contributed by atoms with Crippen LogP contribution in [0.25, 0.3) is 22.6 Å². The molecule has 0 bridgehead atoms. The number of H-pyrrole nitrogens is 1. The molecule has 3 heterocycles. The fraction of sp³-hybridized carbons (Fsp3) is 0.417. The van der Waals surface area contributed by atoms with Gasteiger partial charge < -0.3 is 0 Å². The summed E-state index contributed by atoms with van der Waals surface area (Å²) in [6, 6.07) is 11.7. The van der Waals surface area contributed by atoms with Gasteiger partial charge in [-0.2, -0.15) is 10.3 Å². The normalized spacial score (nSPS) is 12.7. The highest BCUT2D eigenvalue weighted by molar-refractivity contribution is 5.76. The van der Waals surface area contributed by atoms with Gasteiger partial charge in [-0.1, -0.05) is 44.5 Å². The molecule has 0 amide bonds. The number of halogens is 2. The molecule has 8 nitrogen and oxygen atoms in total. The SMILES string of the molecule is CCCC(F)(F)C(CC)CCc1ncn(Cc2ccc(-c3ncccc3-c3nn[nH]n3)cc2)n1. The minimum Gasteiger partial charge on any atom is -0.255 e. The van der Waals surface area contributed by atoms with Crippen molar-refractivity contribution in [3.63, 3.8) is 0 Å². The maximum absolute atomic E-state index is 14.3. The molecule has 178 valence electrons. The van der Waals surface area contributed by atoms with E-state index in [-0.39, 0.29) is 6.42 Å². The molecule has 0 aliphatic heterocycles. The number of pyridine rings is 1. The minimum absolute atomic E-state index is 0.0710. The van der Waals surface area contributed by atoms with Gasteiger partial charge in [-0.05, 0) is 35.8 Å². The Bertz CT molecular complexity index is 1170. The molecule has 0 spiro atoms. The highest BCUT2D eigenvalue weighted by Crippen LogP contribution is 2.34. The van der Waals surface area contributed by atoms with Gasteiger partial charge in [0.05, 0.1) is 12.2 Å². The van der Waals surface area contributed by atoms with Crippen molar-refractivity contribution < 1.29 is 8.78 Å². The number of aryl methyl sites for hydroxylation is 1. The summed E-state index contributed by atoms with van der Waals surface area (Å²) in [6.07, 6.45) is 5.07. The smallest absolute Gasteiger partial charge is 0.250 e. The molecule has 0 aliphatic rings. The number of hydrogen-bond donors (Lipinski definition) is 1. The van der Waals surface area contributed by atoms with Gasteiger partial charge in [0.1, 0.15) is 6.33 Å². The van der Waals surface area contributed by atoms with Gasteiger partial charge in [0.2, 0.25) is 5.82 Å². The van der Waals surface area contributed by atoms with E-state index in [1.54, 1.807) is 24.1 Å². The molecular weight excluding hydrogens is 438 g/mol. The van der Waals surface area contributed by atoms with E-state index in [0.29, 0.717) is 43.9 Å². The first kappa shape index (κ1) is 23.6. The van der Waals surface area contributed by atoms with Gasteiger partial charge in [0, 0.05) is 36.1 Å². The summed E-state index contributed by atoms with van der Waals surface area (Å²) in [6.45, 7) is 4.15. The van der Waals surface area contributed by atoms with E-state index in [2.05, 4.69) is 35.7 Å². The molecule has 10 heteroatoms. The quantitative estimate of drug-likeness (QED) is 0.335. The lowest BCUT2D eigenvalue weighted by atomic mass is 9.90. The number of benzene rings is 1. The van der Waals surface area contributed by atoms with Crippen LogP contribution in [0.5, 0.6) is 0 Å². The van der Waals surface area contributed by atoms with E-state index in [9.17, 15) is 8.78 Å². The lowest BCUT2D eigenvalue weighted by molar-refractivity contribution is -0.0699. The van der Waals surface area contributed by atoms with Crippen LogP contribution in [0.2, 0.25) is 0 Å². The number of nitrogens with zero attached hydrogens (tertiary/aromatic N) is 7. The summed E-state index contributed by atoms with van der Waals surface area (Å²) in [5.74, 6) is -2.19. The Morgan fingerprint density at radius 2 is 1.91 bits per heavy atom. The van der Waals surface area contributed by atoms with E-state index in [1.165, 1.54) is 0 Å². The molecule has 0 radical (unpaired) electrons. The van der Waals surface area contributed by atoms with Gasteiger partial charge in [0.15, 0.2) is 5.82 Å². The van der Waals surface area contributed by atoms with Crippen LogP contribution in [0.3, 0.4) is 0 Å².